The average Bonchev–Trinajstić information content (AvgIpc) is 2.64. The number of pyridine rings is 1. The van der Waals surface area contributed by atoms with Crippen molar-refractivity contribution in [3.63, 3.8) is 0 Å². The molecule has 0 saturated carbocycles. The highest BCUT2D eigenvalue weighted by Gasteiger charge is 2.10. The van der Waals surface area contributed by atoms with E-state index in [-0.39, 0.29) is 6.04 Å². The minimum Gasteiger partial charge on any atom is -0.358 e. The first kappa shape index (κ1) is 16.4. The molecule has 0 fully saturated rings. The maximum atomic E-state index is 5.31. The van der Waals surface area contributed by atoms with E-state index in [0.29, 0.717) is 11.7 Å². The minimum atomic E-state index is 0.0209. The molecule has 1 aromatic heterocycles. The highest BCUT2D eigenvalue weighted by atomic mass is 32.1. The molecule has 4 nitrogen and oxygen atoms in total. The van der Waals surface area contributed by atoms with Gasteiger partial charge in [0.05, 0.1) is 11.7 Å². The summed E-state index contributed by atoms with van der Waals surface area (Å²) in [7, 11) is 0. The molecule has 0 radical (unpaired) electrons. The van der Waals surface area contributed by atoms with Crippen molar-refractivity contribution in [1.29, 1.82) is 0 Å². The number of nitrogens with zero attached hydrogens (tertiary/aromatic N) is 1. The van der Waals surface area contributed by atoms with Crippen LogP contribution in [0.1, 0.15) is 24.2 Å². The van der Waals surface area contributed by atoms with Crippen LogP contribution in [0.25, 0.3) is 10.8 Å². The van der Waals surface area contributed by atoms with Gasteiger partial charge >= 0.3 is 0 Å². The van der Waals surface area contributed by atoms with E-state index in [0.717, 1.165) is 11.1 Å². The fourth-order valence-electron chi connectivity index (χ4n) is 2.55. The maximum absolute atomic E-state index is 5.31. The highest BCUT2D eigenvalue weighted by Crippen LogP contribution is 2.21. The predicted octanol–water partition coefficient (Wildman–Crippen LogP) is 3.46. The van der Waals surface area contributed by atoms with Crippen LogP contribution in [0.15, 0.2) is 66.9 Å². The molecule has 2 aromatic carbocycles. The van der Waals surface area contributed by atoms with Crippen LogP contribution in [0.5, 0.6) is 0 Å². The lowest BCUT2D eigenvalue weighted by atomic mass is 10.1. The quantitative estimate of drug-likeness (QED) is 0.492. The standard InChI is InChI=1S/C19H20N4S/c1-14(18-17-10-6-5-9-16(17)11-12-20-18)22-23-19(24)21-13-15-7-3-2-4-8-15/h2-12,14,22H,13H2,1H3,(H2,21,23,24)/t14-/m1/s1. The number of nitrogens with one attached hydrogen (secondary N) is 3. The van der Waals surface area contributed by atoms with Crippen LogP contribution in [0.3, 0.4) is 0 Å². The summed E-state index contributed by atoms with van der Waals surface area (Å²) in [6.45, 7) is 2.75. The first-order valence-corrected chi connectivity index (χ1v) is 8.32. The molecule has 3 rings (SSSR count). The topological polar surface area (TPSA) is 49.0 Å². The van der Waals surface area contributed by atoms with Crippen molar-refractivity contribution in [2.75, 3.05) is 0 Å². The number of benzene rings is 2. The van der Waals surface area contributed by atoms with Gasteiger partial charge in [0.2, 0.25) is 0 Å². The molecule has 24 heavy (non-hydrogen) atoms. The molecule has 5 heteroatoms. The van der Waals surface area contributed by atoms with Crippen LogP contribution >= 0.6 is 12.2 Å². The molecule has 3 aromatic rings. The van der Waals surface area contributed by atoms with E-state index < -0.39 is 0 Å². The number of rotatable bonds is 5. The van der Waals surface area contributed by atoms with Gasteiger partial charge in [-0.1, -0.05) is 54.6 Å². The SMILES string of the molecule is C[C@@H](NNC(=S)NCc1ccccc1)c1nccc2ccccc12. The predicted molar refractivity (Wildman–Crippen MR) is 102 cm³/mol. The van der Waals surface area contributed by atoms with Crippen LogP contribution in [-0.2, 0) is 6.54 Å². The van der Waals surface area contributed by atoms with E-state index in [1.807, 2.05) is 42.6 Å². The van der Waals surface area contributed by atoms with Gasteiger partial charge in [0.25, 0.3) is 0 Å². The van der Waals surface area contributed by atoms with Crippen molar-refractivity contribution in [2.45, 2.75) is 19.5 Å². The molecule has 1 atom stereocenters. The molecule has 0 aliphatic rings. The van der Waals surface area contributed by atoms with Crippen LogP contribution in [-0.4, -0.2) is 10.1 Å². The second-order valence-electron chi connectivity index (χ2n) is 5.58. The Morgan fingerprint density at radius 2 is 1.79 bits per heavy atom. The van der Waals surface area contributed by atoms with Gasteiger partial charge in [0.1, 0.15) is 0 Å². The van der Waals surface area contributed by atoms with Crippen LogP contribution in [0.2, 0.25) is 0 Å². The number of hydrazine groups is 1. The normalized spacial score (nSPS) is 11.9. The molecule has 3 N–H and O–H groups in total. The van der Waals surface area contributed by atoms with Gasteiger partial charge in [0, 0.05) is 18.1 Å². The number of hydrogen-bond acceptors (Lipinski definition) is 3. The third-order valence-corrected chi connectivity index (χ3v) is 4.06. The van der Waals surface area contributed by atoms with Gasteiger partial charge in [-0.15, -0.1) is 0 Å². The Morgan fingerprint density at radius 3 is 2.62 bits per heavy atom. The Bertz CT molecular complexity index is 814. The molecule has 0 unspecified atom stereocenters. The van der Waals surface area contributed by atoms with Crippen molar-refractivity contribution < 1.29 is 0 Å². The summed E-state index contributed by atoms with van der Waals surface area (Å²) >= 11 is 5.31. The number of fused-ring (bicyclic) bond motifs is 1. The van der Waals surface area contributed by atoms with Crippen molar-refractivity contribution in [3.05, 3.63) is 78.1 Å². The van der Waals surface area contributed by atoms with Gasteiger partial charge in [-0.25, -0.2) is 5.43 Å². The van der Waals surface area contributed by atoms with Crippen molar-refractivity contribution in [3.8, 4) is 0 Å². The second-order valence-corrected chi connectivity index (χ2v) is 5.98. The highest BCUT2D eigenvalue weighted by molar-refractivity contribution is 7.80. The van der Waals surface area contributed by atoms with Crippen molar-refractivity contribution in [2.24, 2.45) is 0 Å². The van der Waals surface area contributed by atoms with Gasteiger partial charge in [-0.3, -0.25) is 10.4 Å². The van der Waals surface area contributed by atoms with Gasteiger partial charge in [0.15, 0.2) is 5.11 Å². The lowest BCUT2D eigenvalue weighted by Crippen LogP contribution is -2.44. The number of aromatic nitrogens is 1. The molecular weight excluding hydrogens is 316 g/mol. The fraction of sp³-hybridized carbons (Fsp3) is 0.158. The molecule has 0 saturated heterocycles. The van der Waals surface area contributed by atoms with E-state index >= 15 is 0 Å². The zero-order valence-corrected chi connectivity index (χ0v) is 14.3. The Labute approximate surface area is 147 Å². The largest absolute Gasteiger partial charge is 0.358 e. The van der Waals surface area contributed by atoms with Crippen LogP contribution in [0.4, 0.5) is 0 Å². The maximum Gasteiger partial charge on any atom is 0.181 e. The lowest BCUT2D eigenvalue weighted by Gasteiger charge is -2.18. The number of thiocarbonyl (C=S) groups is 1. The molecular formula is C19H20N4S. The summed E-state index contributed by atoms with van der Waals surface area (Å²) in [5.74, 6) is 0. The van der Waals surface area contributed by atoms with Gasteiger partial charge in [-0.05, 0) is 36.2 Å². The Balaban J connectivity index is 1.56. The molecule has 0 bridgehead atoms. The summed E-state index contributed by atoms with van der Waals surface area (Å²) in [4.78, 5) is 4.51. The summed E-state index contributed by atoms with van der Waals surface area (Å²) in [6.07, 6.45) is 1.84. The van der Waals surface area contributed by atoms with E-state index in [9.17, 15) is 0 Å². The fourth-order valence-corrected chi connectivity index (χ4v) is 2.68. The molecule has 0 amide bonds. The van der Waals surface area contributed by atoms with Gasteiger partial charge in [-0.2, -0.15) is 0 Å². The van der Waals surface area contributed by atoms with Crippen molar-refractivity contribution >= 4 is 28.1 Å². The van der Waals surface area contributed by atoms with E-state index in [1.165, 1.54) is 10.9 Å². The third kappa shape index (κ3) is 4.07. The first-order valence-electron chi connectivity index (χ1n) is 7.91. The summed E-state index contributed by atoms with van der Waals surface area (Å²) < 4.78 is 0. The summed E-state index contributed by atoms with van der Waals surface area (Å²) in [6, 6.07) is 20.4. The van der Waals surface area contributed by atoms with E-state index in [2.05, 4.69) is 52.3 Å². The van der Waals surface area contributed by atoms with E-state index in [4.69, 9.17) is 12.2 Å². The molecule has 0 aliphatic carbocycles. The minimum absolute atomic E-state index is 0.0209. The summed E-state index contributed by atoms with van der Waals surface area (Å²) in [5, 5.41) is 6.07. The molecule has 0 aliphatic heterocycles. The Kier molecular flexibility index (Phi) is 5.36. The van der Waals surface area contributed by atoms with Gasteiger partial charge < -0.3 is 5.32 Å². The Hall–Kier alpha value is -2.50. The smallest absolute Gasteiger partial charge is 0.181 e. The number of hydrogen-bond donors (Lipinski definition) is 3. The van der Waals surface area contributed by atoms with Crippen molar-refractivity contribution in [1.82, 2.24) is 21.2 Å². The first-order chi connectivity index (χ1) is 11.7. The van der Waals surface area contributed by atoms with Crippen LogP contribution < -0.4 is 16.2 Å². The van der Waals surface area contributed by atoms with Crippen LogP contribution in [0, 0.1) is 0 Å². The summed E-state index contributed by atoms with van der Waals surface area (Å²) in [5.41, 5.74) is 8.43. The zero-order chi connectivity index (χ0) is 16.8. The molecule has 122 valence electrons. The molecule has 1 heterocycles. The monoisotopic (exact) mass is 336 g/mol. The zero-order valence-electron chi connectivity index (χ0n) is 13.5. The third-order valence-electron chi connectivity index (χ3n) is 3.81. The Morgan fingerprint density at radius 1 is 1.04 bits per heavy atom. The molecule has 0 spiro atoms. The lowest BCUT2D eigenvalue weighted by molar-refractivity contribution is 0.531. The average molecular weight is 336 g/mol. The van der Waals surface area contributed by atoms with E-state index in [1.54, 1.807) is 0 Å². The second kappa shape index (κ2) is 7.86.